The van der Waals surface area contributed by atoms with E-state index in [1.165, 1.54) is 12.1 Å². The number of esters is 1. The van der Waals surface area contributed by atoms with Gasteiger partial charge in [0.2, 0.25) is 0 Å². The van der Waals surface area contributed by atoms with Crippen molar-refractivity contribution in [2.75, 3.05) is 11.9 Å². The van der Waals surface area contributed by atoms with Crippen molar-refractivity contribution in [3.63, 3.8) is 0 Å². The fourth-order valence-electron chi connectivity index (χ4n) is 4.29. The van der Waals surface area contributed by atoms with E-state index in [4.69, 9.17) is 18.9 Å². The molecule has 0 aliphatic heterocycles. The molecule has 0 aliphatic rings. The number of nitrogens with one attached hydrogen (secondary N) is 1. The molecule has 0 spiro atoms. The summed E-state index contributed by atoms with van der Waals surface area (Å²) < 4.78 is 15.9. The summed E-state index contributed by atoms with van der Waals surface area (Å²) in [6.07, 6.45) is 1.71. The van der Waals surface area contributed by atoms with Crippen LogP contribution in [0.1, 0.15) is 54.4 Å². The van der Waals surface area contributed by atoms with Crippen LogP contribution in [0.15, 0.2) is 57.7 Å². The number of amides is 1. The Kier molecular flexibility index (Phi) is 7.63. The van der Waals surface area contributed by atoms with Crippen LogP contribution in [-0.4, -0.2) is 23.7 Å². The number of hydrogen-bond donors (Lipinski definition) is 1. The summed E-state index contributed by atoms with van der Waals surface area (Å²) in [7, 11) is 0. The predicted octanol–water partition coefficient (Wildman–Crippen LogP) is 5.78. The van der Waals surface area contributed by atoms with E-state index in [0.717, 1.165) is 35.0 Å². The maximum absolute atomic E-state index is 13.4. The second-order valence-corrected chi connectivity index (χ2v) is 8.26. The lowest BCUT2D eigenvalue weighted by Crippen LogP contribution is -2.14. The Morgan fingerprint density at radius 2 is 1.81 bits per heavy atom. The first kappa shape index (κ1) is 24.9. The molecule has 1 N–H and O–H groups in total. The highest BCUT2D eigenvalue weighted by Gasteiger charge is 2.21. The zero-order valence-corrected chi connectivity index (χ0v) is 20.6. The largest absolute Gasteiger partial charge is 0.457 e. The maximum atomic E-state index is 13.4. The third kappa shape index (κ3) is 5.22. The fraction of sp³-hybridized carbons (Fsp3) is 0.286. The van der Waals surface area contributed by atoms with Gasteiger partial charge in [-0.25, -0.2) is 14.4 Å². The first-order valence-corrected chi connectivity index (χ1v) is 12.0. The van der Waals surface area contributed by atoms with Gasteiger partial charge in [-0.15, -0.1) is 0 Å². The van der Waals surface area contributed by atoms with E-state index in [9.17, 15) is 14.4 Å². The highest BCUT2D eigenvalue weighted by atomic mass is 16.5. The van der Waals surface area contributed by atoms with Crippen LogP contribution in [0, 0.1) is 0 Å². The van der Waals surface area contributed by atoms with Gasteiger partial charge in [0.25, 0.3) is 0 Å². The van der Waals surface area contributed by atoms with E-state index in [1.807, 2.05) is 31.2 Å². The SMILES string of the molecule is CCCc1nc2ccccc2c(C(=O)OCc2cc(=O)oc3cc(NC(=O)OCC)ccc23)c1CC. The Morgan fingerprint density at radius 1 is 1.00 bits per heavy atom. The van der Waals surface area contributed by atoms with Crippen molar-refractivity contribution in [2.45, 2.75) is 46.6 Å². The molecule has 4 aromatic rings. The molecule has 0 fully saturated rings. The third-order valence-corrected chi connectivity index (χ3v) is 5.83. The van der Waals surface area contributed by atoms with Gasteiger partial charge in [-0.1, -0.05) is 38.5 Å². The second kappa shape index (κ2) is 11.0. The van der Waals surface area contributed by atoms with Gasteiger partial charge < -0.3 is 13.9 Å². The monoisotopic (exact) mass is 488 g/mol. The van der Waals surface area contributed by atoms with E-state index in [2.05, 4.69) is 12.2 Å². The Labute approximate surface area is 208 Å². The van der Waals surface area contributed by atoms with Gasteiger partial charge in [0, 0.05) is 39.8 Å². The van der Waals surface area contributed by atoms with Gasteiger partial charge in [-0.2, -0.15) is 0 Å². The number of carbonyl (C=O) groups excluding carboxylic acids is 2. The molecule has 8 heteroatoms. The maximum Gasteiger partial charge on any atom is 0.411 e. The molecule has 0 atom stereocenters. The van der Waals surface area contributed by atoms with Gasteiger partial charge in [0.05, 0.1) is 17.7 Å². The average Bonchev–Trinajstić information content (AvgIpc) is 2.86. The zero-order valence-electron chi connectivity index (χ0n) is 20.6. The fourth-order valence-corrected chi connectivity index (χ4v) is 4.29. The minimum atomic E-state index is -0.608. The number of hydrogen-bond acceptors (Lipinski definition) is 7. The lowest BCUT2D eigenvalue weighted by Gasteiger charge is -2.16. The van der Waals surface area contributed by atoms with E-state index < -0.39 is 17.7 Å². The third-order valence-electron chi connectivity index (χ3n) is 5.83. The molecule has 2 aromatic carbocycles. The van der Waals surface area contributed by atoms with Crippen LogP contribution in [0.5, 0.6) is 0 Å². The molecule has 0 unspecified atom stereocenters. The Morgan fingerprint density at radius 3 is 2.56 bits per heavy atom. The predicted molar refractivity (Wildman–Crippen MR) is 137 cm³/mol. The number of ether oxygens (including phenoxy) is 2. The summed E-state index contributed by atoms with van der Waals surface area (Å²) in [5.74, 6) is -0.468. The Hall–Kier alpha value is -4.20. The highest BCUT2D eigenvalue weighted by Crippen LogP contribution is 2.27. The van der Waals surface area contributed by atoms with Gasteiger partial charge in [0.1, 0.15) is 12.2 Å². The summed E-state index contributed by atoms with van der Waals surface area (Å²) >= 11 is 0. The lowest BCUT2D eigenvalue weighted by atomic mass is 9.96. The number of rotatable bonds is 8. The van der Waals surface area contributed by atoms with E-state index in [0.29, 0.717) is 28.6 Å². The topological polar surface area (TPSA) is 108 Å². The number of carbonyl (C=O) groups is 2. The lowest BCUT2D eigenvalue weighted by molar-refractivity contribution is 0.0474. The number of fused-ring (bicyclic) bond motifs is 2. The summed E-state index contributed by atoms with van der Waals surface area (Å²) in [6.45, 7) is 5.90. The number of pyridine rings is 1. The number of anilines is 1. The molecule has 1 amide bonds. The van der Waals surface area contributed by atoms with Gasteiger partial charge >= 0.3 is 17.7 Å². The van der Waals surface area contributed by atoms with Crippen molar-refractivity contribution in [2.24, 2.45) is 0 Å². The Balaban J connectivity index is 1.66. The molecule has 8 nitrogen and oxygen atoms in total. The minimum Gasteiger partial charge on any atom is -0.457 e. The zero-order chi connectivity index (χ0) is 25.7. The number of aromatic nitrogens is 1. The molecular formula is C28H28N2O6. The smallest absolute Gasteiger partial charge is 0.411 e. The van der Waals surface area contributed by atoms with Crippen molar-refractivity contribution in [1.29, 1.82) is 0 Å². The molecule has 0 radical (unpaired) electrons. The molecule has 2 heterocycles. The molecule has 2 aromatic heterocycles. The summed E-state index contributed by atoms with van der Waals surface area (Å²) in [5, 5.41) is 3.91. The number of benzene rings is 2. The van der Waals surface area contributed by atoms with Crippen molar-refractivity contribution < 1.29 is 23.5 Å². The van der Waals surface area contributed by atoms with Gasteiger partial charge in [0.15, 0.2) is 0 Å². The van der Waals surface area contributed by atoms with Crippen LogP contribution in [-0.2, 0) is 28.9 Å². The molecule has 0 saturated heterocycles. The van der Waals surface area contributed by atoms with Crippen LogP contribution in [0.25, 0.3) is 21.9 Å². The normalized spacial score (nSPS) is 11.0. The summed E-state index contributed by atoms with van der Waals surface area (Å²) in [6, 6.07) is 13.7. The second-order valence-electron chi connectivity index (χ2n) is 8.26. The van der Waals surface area contributed by atoms with Crippen molar-refractivity contribution in [3.05, 3.63) is 81.3 Å². The standard InChI is InChI=1S/C28H28N2O6/c1-4-9-22-19(5-2)26(21-10-7-8-11-23(21)30-22)27(32)35-16-17-14-25(31)36-24-15-18(12-13-20(17)24)29-28(33)34-6-3/h7-8,10-15H,4-6,9,16H2,1-3H3,(H,29,33). The number of aryl methyl sites for hydroxylation is 1. The molecule has 36 heavy (non-hydrogen) atoms. The van der Waals surface area contributed by atoms with Crippen LogP contribution in [0.4, 0.5) is 10.5 Å². The summed E-state index contributed by atoms with van der Waals surface area (Å²) in [4.78, 5) is 42.1. The van der Waals surface area contributed by atoms with E-state index in [1.54, 1.807) is 19.1 Å². The van der Waals surface area contributed by atoms with Crippen molar-refractivity contribution in [1.82, 2.24) is 4.98 Å². The quantitative estimate of drug-likeness (QED) is 0.247. The molecule has 0 aliphatic carbocycles. The van der Waals surface area contributed by atoms with E-state index in [-0.39, 0.29) is 18.8 Å². The van der Waals surface area contributed by atoms with Crippen molar-refractivity contribution >= 4 is 39.6 Å². The van der Waals surface area contributed by atoms with Crippen LogP contribution < -0.4 is 10.9 Å². The molecule has 4 rings (SSSR count). The van der Waals surface area contributed by atoms with Crippen LogP contribution >= 0.6 is 0 Å². The Bertz CT molecular complexity index is 1490. The minimum absolute atomic E-state index is 0.117. The summed E-state index contributed by atoms with van der Waals surface area (Å²) in [5.41, 5.74) is 3.63. The van der Waals surface area contributed by atoms with Gasteiger partial charge in [-0.3, -0.25) is 10.3 Å². The van der Waals surface area contributed by atoms with E-state index >= 15 is 0 Å². The molecule has 186 valence electrons. The molecular weight excluding hydrogens is 460 g/mol. The number of para-hydroxylation sites is 1. The number of nitrogens with zero attached hydrogens (tertiary/aromatic N) is 1. The molecule has 0 saturated carbocycles. The average molecular weight is 489 g/mol. The highest BCUT2D eigenvalue weighted by molar-refractivity contribution is 6.05. The van der Waals surface area contributed by atoms with Crippen LogP contribution in [0.3, 0.4) is 0 Å². The van der Waals surface area contributed by atoms with Crippen molar-refractivity contribution in [3.8, 4) is 0 Å². The first-order valence-electron chi connectivity index (χ1n) is 12.0. The van der Waals surface area contributed by atoms with Crippen LogP contribution in [0.2, 0.25) is 0 Å². The first-order chi connectivity index (χ1) is 17.4. The molecule has 0 bridgehead atoms. The van der Waals surface area contributed by atoms with Gasteiger partial charge in [-0.05, 0) is 43.5 Å².